The van der Waals surface area contributed by atoms with E-state index in [1.165, 1.54) is 13.2 Å². The number of carbonyl (C=O) groups is 1. The van der Waals surface area contributed by atoms with Crippen LogP contribution < -0.4 is 9.47 Å². The van der Waals surface area contributed by atoms with Gasteiger partial charge in [-0.2, -0.15) is 0 Å². The molecule has 22 heavy (non-hydrogen) atoms. The first kappa shape index (κ1) is 12.8. The molecule has 4 rings (SSSR count). The Morgan fingerprint density at radius 1 is 1.09 bits per heavy atom. The van der Waals surface area contributed by atoms with Crippen LogP contribution in [0.5, 0.6) is 23.0 Å². The van der Waals surface area contributed by atoms with E-state index in [0.717, 1.165) is 5.56 Å². The molecule has 0 amide bonds. The zero-order chi connectivity index (χ0) is 15.4. The minimum Gasteiger partial charge on any atom is -0.504 e. The second kappa shape index (κ2) is 4.30. The van der Waals surface area contributed by atoms with E-state index in [9.17, 15) is 15.0 Å². The standard InChI is InChI=1S/C16H12O6/c1-20-15-9(17)6-8-11(12(15)18)16(19)22-13-7-4-2-3-5-10(7)21-14(8)13/h2-6,13-14,17-18H,1H3/t13-,14-/m1/s1. The van der Waals surface area contributed by atoms with Crippen molar-refractivity contribution in [2.24, 2.45) is 0 Å². The van der Waals surface area contributed by atoms with Crippen LogP contribution in [-0.4, -0.2) is 23.3 Å². The summed E-state index contributed by atoms with van der Waals surface area (Å²) in [5, 5.41) is 20.2. The average molecular weight is 300 g/mol. The molecule has 0 fully saturated rings. The Morgan fingerprint density at radius 2 is 1.82 bits per heavy atom. The Hall–Kier alpha value is -2.89. The van der Waals surface area contributed by atoms with Gasteiger partial charge in [0.05, 0.1) is 7.11 Å². The number of ether oxygens (including phenoxy) is 3. The molecule has 2 heterocycles. The highest BCUT2D eigenvalue weighted by Gasteiger charge is 2.46. The highest BCUT2D eigenvalue weighted by atomic mass is 16.6. The van der Waals surface area contributed by atoms with Gasteiger partial charge in [-0.1, -0.05) is 18.2 Å². The zero-order valence-corrected chi connectivity index (χ0v) is 11.6. The Labute approximate surface area is 125 Å². The van der Waals surface area contributed by atoms with Gasteiger partial charge in [0.1, 0.15) is 11.3 Å². The lowest BCUT2D eigenvalue weighted by atomic mass is 9.92. The minimum atomic E-state index is -0.674. The van der Waals surface area contributed by atoms with Crippen LogP contribution in [0.1, 0.15) is 33.7 Å². The van der Waals surface area contributed by atoms with E-state index < -0.39 is 23.9 Å². The molecule has 0 unspecified atom stereocenters. The SMILES string of the molecule is COc1c(O)cc2c(c1O)C(=O)O[C@@H]1c3ccccc3O[C@H]21. The molecule has 0 saturated heterocycles. The third-order valence-corrected chi connectivity index (χ3v) is 3.97. The van der Waals surface area contributed by atoms with Gasteiger partial charge in [-0.3, -0.25) is 0 Å². The van der Waals surface area contributed by atoms with Gasteiger partial charge in [-0.25, -0.2) is 4.79 Å². The number of fused-ring (bicyclic) bond motifs is 5. The highest BCUT2D eigenvalue weighted by molar-refractivity contribution is 5.97. The molecule has 0 aromatic heterocycles. The van der Waals surface area contributed by atoms with Crippen molar-refractivity contribution in [3.05, 3.63) is 47.0 Å². The number of benzene rings is 2. The fraction of sp³-hybridized carbons (Fsp3) is 0.188. The fourth-order valence-corrected chi connectivity index (χ4v) is 3.01. The van der Waals surface area contributed by atoms with Crippen LogP contribution in [0.15, 0.2) is 30.3 Å². The molecular formula is C16H12O6. The molecule has 2 aromatic rings. The summed E-state index contributed by atoms with van der Waals surface area (Å²) >= 11 is 0. The van der Waals surface area contributed by atoms with Crippen molar-refractivity contribution >= 4 is 5.97 Å². The number of hydrogen-bond donors (Lipinski definition) is 2. The number of methoxy groups -OCH3 is 1. The average Bonchev–Trinajstić information content (AvgIpc) is 2.86. The molecule has 0 saturated carbocycles. The molecule has 6 nitrogen and oxygen atoms in total. The Kier molecular flexibility index (Phi) is 2.51. The maximum Gasteiger partial charge on any atom is 0.343 e. The maximum absolute atomic E-state index is 12.3. The van der Waals surface area contributed by atoms with E-state index in [0.29, 0.717) is 11.3 Å². The predicted molar refractivity (Wildman–Crippen MR) is 74.3 cm³/mol. The molecule has 0 bridgehead atoms. The number of phenolic OH excluding ortho intramolecular Hbond substituents is 2. The number of hydrogen-bond acceptors (Lipinski definition) is 6. The van der Waals surface area contributed by atoms with E-state index in [1.54, 1.807) is 6.07 Å². The third-order valence-electron chi connectivity index (χ3n) is 3.97. The second-order valence-electron chi connectivity index (χ2n) is 5.14. The summed E-state index contributed by atoms with van der Waals surface area (Å²) in [4.78, 5) is 12.3. The minimum absolute atomic E-state index is 0.0382. The van der Waals surface area contributed by atoms with Crippen molar-refractivity contribution in [3.8, 4) is 23.0 Å². The number of para-hydroxylation sites is 1. The zero-order valence-electron chi connectivity index (χ0n) is 11.6. The molecule has 2 aliphatic rings. The van der Waals surface area contributed by atoms with E-state index in [4.69, 9.17) is 14.2 Å². The molecule has 2 aliphatic heterocycles. The van der Waals surface area contributed by atoms with Crippen LogP contribution in [-0.2, 0) is 4.74 Å². The highest BCUT2D eigenvalue weighted by Crippen LogP contribution is 2.54. The molecular weight excluding hydrogens is 288 g/mol. The van der Waals surface area contributed by atoms with Crippen LogP contribution in [0.4, 0.5) is 0 Å². The molecule has 0 radical (unpaired) electrons. The van der Waals surface area contributed by atoms with Crippen molar-refractivity contribution in [2.75, 3.05) is 7.11 Å². The van der Waals surface area contributed by atoms with Crippen molar-refractivity contribution in [2.45, 2.75) is 12.2 Å². The fourth-order valence-electron chi connectivity index (χ4n) is 3.01. The lowest BCUT2D eigenvalue weighted by molar-refractivity contribution is -0.00603. The third kappa shape index (κ3) is 1.52. The van der Waals surface area contributed by atoms with Gasteiger partial charge in [0.15, 0.2) is 23.7 Å². The molecule has 2 aromatic carbocycles. The van der Waals surface area contributed by atoms with Crippen LogP contribution in [0.25, 0.3) is 0 Å². The normalized spacial score (nSPS) is 21.2. The Balaban J connectivity index is 1.92. The van der Waals surface area contributed by atoms with Gasteiger partial charge >= 0.3 is 5.97 Å². The summed E-state index contributed by atoms with van der Waals surface area (Å²) in [6.07, 6.45) is -1.20. The molecule has 0 aliphatic carbocycles. The quantitative estimate of drug-likeness (QED) is 0.787. The van der Waals surface area contributed by atoms with Crippen LogP contribution >= 0.6 is 0 Å². The number of carbonyl (C=O) groups excluding carboxylic acids is 1. The van der Waals surface area contributed by atoms with Crippen LogP contribution in [0, 0.1) is 0 Å². The Bertz CT molecular complexity index is 797. The van der Waals surface area contributed by atoms with Crippen LogP contribution in [0.3, 0.4) is 0 Å². The topological polar surface area (TPSA) is 85.2 Å². The predicted octanol–water partition coefficient (Wildman–Crippen LogP) is 2.45. The Morgan fingerprint density at radius 3 is 2.59 bits per heavy atom. The van der Waals surface area contributed by atoms with Crippen LogP contribution in [0.2, 0.25) is 0 Å². The van der Waals surface area contributed by atoms with Gasteiger partial charge in [0, 0.05) is 11.1 Å². The summed E-state index contributed by atoms with van der Waals surface area (Å²) < 4.78 is 16.2. The molecule has 0 spiro atoms. The summed E-state index contributed by atoms with van der Waals surface area (Å²) in [6.45, 7) is 0. The first-order valence-corrected chi connectivity index (χ1v) is 6.71. The summed E-state index contributed by atoms with van der Waals surface area (Å²) in [7, 11) is 1.29. The van der Waals surface area contributed by atoms with Gasteiger partial charge in [-0.05, 0) is 12.1 Å². The van der Waals surface area contributed by atoms with Gasteiger partial charge in [0.25, 0.3) is 0 Å². The number of phenols is 2. The van der Waals surface area contributed by atoms with E-state index >= 15 is 0 Å². The molecule has 6 heteroatoms. The van der Waals surface area contributed by atoms with E-state index in [1.807, 2.05) is 18.2 Å². The number of aromatic hydroxyl groups is 2. The number of esters is 1. The second-order valence-corrected chi connectivity index (χ2v) is 5.14. The van der Waals surface area contributed by atoms with Gasteiger partial charge < -0.3 is 24.4 Å². The first-order chi connectivity index (χ1) is 10.6. The lowest BCUT2D eigenvalue weighted by Crippen LogP contribution is -2.25. The largest absolute Gasteiger partial charge is 0.504 e. The summed E-state index contributed by atoms with van der Waals surface area (Å²) in [5.41, 5.74) is 1.11. The number of rotatable bonds is 1. The summed E-state index contributed by atoms with van der Waals surface area (Å²) in [6, 6.07) is 8.63. The molecule has 2 atom stereocenters. The lowest BCUT2D eigenvalue weighted by Gasteiger charge is -2.28. The molecule has 2 N–H and O–H groups in total. The van der Waals surface area contributed by atoms with Gasteiger partial charge in [0.2, 0.25) is 5.75 Å². The van der Waals surface area contributed by atoms with E-state index in [-0.39, 0.29) is 17.1 Å². The smallest absolute Gasteiger partial charge is 0.343 e. The first-order valence-electron chi connectivity index (χ1n) is 6.71. The van der Waals surface area contributed by atoms with Crippen molar-refractivity contribution in [1.29, 1.82) is 0 Å². The van der Waals surface area contributed by atoms with E-state index in [2.05, 4.69) is 0 Å². The van der Waals surface area contributed by atoms with Crippen molar-refractivity contribution in [1.82, 2.24) is 0 Å². The van der Waals surface area contributed by atoms with Crippen molar-refractivity contribution in [3.63, 3.8) is 0 Å². The summed E-state index contributed by atoms with van der Waals surface area (Å²) in [5.74, 6) is -0.919. The van der Waals surface area contributed by atoms with Gasteiger partial charge in [-0.15, -0.1) is 0 Å². The molecule has 112 valence electrons. The monoisotopic (exact) mass is 300 g/mol. The van der Waals surface area contributed by atoms with Crippen molar-refractivity contribution < 1.29 is 29.2 Å². The maximum atomic E-state index is 12.3.